The molecule has 2 aliphatic rings. The molecule has 1 fully saturated rings. The van der Waals surface area contributed by atoms with Crippen molar-refractivity contribution in [3.05, 3.63) is 12.1 Å². The Bertz CT molecular complexity index is 440. The third kappa shape index (κ3) is 2.72. The van der Waals surface area contributed by atoms with Gasteiger partial charge in [0.15, 0.2) is 11.5 Å². The van der Waals surface area contributed by atoms with Gasteiger partial charge in [0, 0.05) is 25.2 Å². The van der Waals surface area contributed by atoms with Crippen LogP contribution in [0.2, 0.25) is 0 Å². The lowest BCUT2D eigenvalue weighted by molar-refractivity contribution is 0.172. The van der Waals surface area contributed by atoms with Gasteiger partial charge < -0.3 is 20.1 Å². The highest BCUT2D eigenvalue weighted by Crippen LogP contribution is 2.39. The zero-order valence-corrected chi connectivity index (χ0v) is 11.4. The Balaban J connectivity index is 1.85. The molecule has 0 radical (unpaired) electrons. The summed E-state index contributed by atoms with van der Waals surface area (Å²) in [6.45, 7) is 3.40. The van der Waals surface area contributed by atoms with E-state index in [2.05, 4.69) is 4.90 Å². The monoisotopic (exact) mass is 262 g/mol. The first-order valence-electron chi connectivity index (χ1n) is 7.29. The van der Waals surface area contributed by atoms with Crippen LogP contribution in [0.15, 0.2) is 12.1 Å². The third-order valence-electron chi connectivity index (χ3n) is 3.89. The molecule has 1 saturated heterocycles. The van der Waals surface area contributed by atoms with Gasteiger partial charge in [0.05, 0.1) is 11.4 Å². The summed E-state index contributed by atoms with van der Waals surface area (Å²) in [6.07, 6.45) is 6.49. The first kappa shape index (κ1) is 12.5. The van der Waals surface area contributed by atoms with Gasteiger partial charge in [-0.25, -0.2) is 0 Å². The lowest BCUT2D eigenvalue weighted by Crippen LogP contribution is -2.28. The summed E-state index contributed by atoms with van der Waals surface area (Å²) in [6, 6.07) is 3.95. The SMILES string of the molecule is Nc1cc2c(cc1N1CCCCCCC1)OCCO2. The van der Waals surface area contributed by atoms with Gasteiger partial charge in [-0.15, -0.1) is 0 Å². The van der Waals surface area contributed by atoms with Crippen LogP contribution in [0.25, 0.3) is 0 Å². The summed E-state index contributed by atoms with van der Waals surface area (Å²) >= 11 is 0. The molecule has 3 rings (SSSR count). The number of hydrogen-bond acceptors (Lipinski definition) is 4. The van der Waals surface area contributed by atoms with Crippen LogP contribution in [0.1, 0.15) is 32.1 Å². The number of rotatable bonds is 1. The fourth-order valence-electron chi connectivity index (χ4n) is 2.86. The second-order valence-corrected chi connectivity index (χ2v) is 5.31. The maximum Gasteiger partial charge on any atom is 0.163 e. The predicted molar refractivity (Wildman–Crippen MR) is 77.1 cm³/mol. The average molecular weight is 262 g/mol. The summed E-state index contributed by atoms with van der Waals surface area (Å²) in [4.78, 5) is 2.40. The van der Waals surface area contributed by atoms with Crippen molar-refractivity contribution in [1.29, 1.82) is 0 Å². The molecule has 0 saturated carbocycles. The molecule has 0 spiro atoms. The normalized spacial score (nSPS) is 19.7. The van der Waals surface area contributed by atoms with Crippen LogP contribution in [0.5, 0.6) is 11.5 Å². The molecule has 1 aromatic carbocycles. The molecule has 0 bridgehead atoms. The number of nitrogens with zero attached hydrogens (tertiary/aromatic N) is 1. The van der Waals surface area contributed by atoms with E-state index in [9.17, 15) is 0 Å². The first-order valence-corrected chi connectivity index (χ1v) is 7.29. The molecule has 4 heteroatoms. The van der Waals surface area contributed by atoms with Crippen molar-refractivity contribution < 1.29 is 9.47 Å². The molecule has 2 heterocycles. The lowest BCUT2D eigenvalue weighted by Gasteiger charge is -2.29. The molecule has 1 aromatic rings. The van der Waals surface area contributed by atoms with Crippen LogP contribution < -0.4 is 20.1 Å². The Hall–Kier alpha value is -1.58. The van der Waals surface area contributed by atoms with E-state index >= 15 is 0 Å². The smallest absolute Gasteiger partial charge is 0.163 e. The summed E-state index contributed by atoms with van der Waals surface area (Å²) in [5.41, 5.74) is 8.09. The van der Waals surface area contributed by atoms with Crippen molar-refractivity contribution in [3.63, 3.8) is 0 Å². The Morgan fingerprint density at radius 3 is 2.11 bits per heavy atom. The van der Waals surface area contributed by atoms with Gasteiger partial charge >= 0.3 is 0 Å². The molecule has 19 heavy (non-hydrogen) atoms. The van der Waals surface area contributed by atoms with Crippen molar-refractivity contribution in [2.75, 3.05) is 36.9 Å². The number of anilines is 2. The minimum absolute atomic E-state index is 0.607. The number of hydrogen-bond donors (Lipinski definition) is 1. The molecule has 0 unspecified atom stereocenters. The number of nitrogen functional groups attached to an aromatic ring is 1. The van der Waals surface area contributed by atoms with Crippen LogP contribution >= 0.6 is 0 Å². The third-order valence-corrected chi connectivity index (χ3v) is 3.89. The Kier molecular flexibility index (Phi) is 3.67. The van der Waals surface area contributed by atoms with Crippen molar-refractivity contribution in [3.8, 4) is 11.5 Å². The van der Waals surface area contributed by atoms with E-state index in [1.54, 1.807) is 0 Å². The molecular formula is C15H22N2O2. The van der Waals surface area contributed by atoms with E-state index in [0.29, 0.717) is 13.2 Å². The molecule has 4 nitrogen and oxygen atoms in total. The molecular weight excluding hydrogens is 240 g/mol. The van der Waals surface area contributed by atoms with E-state index in [4.69, 9.17) is 15.2 Å². The molecule has 0 aliphatic carbocycles. The number of fused-ring (bicyclic) bond motifs is 1. The summed E-state index contributed by atoms with van der Waals surface area (Å²) in [5.74, 6) is 1.61. The van der Waals surface area contributed by atoms with E-state index in [-0.39, 0.29) is 0 Å². The first-order chi connectivity index (χ1) is 9.34. The topological polar surface area (TPSA) is 47.7 Å². The minimum Gasteiger partial charge on any atom is -0.486 e. The average Bonchev–Trinajstić information content (AvgIpc) is 2.38. The van der Waals surface area contributed by atoms with E-state index in [0.717, 1.165) is 36.0 Å². The van der Waals surface area contributed by atoms with Gasteiger partial charge in [0.1, 0.15) is 13.2 Å². The fraction of sp³-hybridized carbons (Fsp3) is 0.600. The van der Waals surface area contributed by atoms with Crippen LogP contribution in [-0.2, 0) is 0 Å². The molecule has 2 N–H and O–H groups in total. The van der Waals surface area contributed by atoms with Crippen molar-refractivity contribution in [2.24, 2.45) is 0 Å². The van der Waals surface area contributed by atoms with Crippen molar-refractivity contribution in [2.45, 2.75) is 32.1 Å². The van der Waals surface area contributed by atoms with Crippen molar-refractivity contribution in [1.82, 2.24) is 0 Å². The highest BCUT2D eigenvalue weighted by atomic mass is 16.6. The van der Waals surface area contributed by atoms with E-state index < -0.39 is 0 Å². The van der Waals surface area contributed by atoms with Gasteiger partial charge in [-0.1, -0.05) is 19.3 Å². The van der Waals surface area contributed by atoms with E-state index in [1.807, 2.05) is 12.1 Å². The largest absolute Gasteiger partial charge is 0.486 e. The Morgan fingerprint density at radius 1 is 0.842 bits per heavy atom. The molecule has 104 valence electrons. The summed E-state index contributed by atoms with van der Waals surface area (Å²) in [5, 5.41) is 0. The summed E-state index contributed by atoms with van der Waals surface area (Å²) < 4.78 is 11.2. The highest BCUT2D eigenvalue weighted by molar-refractivity contribution is 5.73. The van der Waals surface area contributed by atoms with Crippen LogP contribution in [-0.4, -0.2) is 26.3 Å². The van der Waals surface area contributed by atoms with Crippen LogP contribution in [0, 0.1) is 0 Å². The van der Waals surface area contributed by atoms with Gasteiger partial charge in [0.25, 0.3) is 0 Å². The van der Waals surface area contributed by atoms with Crippen molar-refractivity contribution >= 4 is 11.4 Å². The quantitative estimate of drug-likeness (QED) is 0.791. The lowest BCUT2D eigenvalue weighted by atomic mass is 10.1. The van der Waals surface area contributed by atoms with Gasteiger partial charge in [0.2, 0.25) is 0 Å². The van der Waals surface area contributed by atoms with E-state index in [1.165, 1.54) is 32.1 Å². The van der Waals surface area contributed by atoms with Gasteiger partial charge in [-0.2, -0.15) is 0 Å². The van der Waals surface area contributed by atoms with Gasteiger partial charge in [-0.3, -0.25) is 0 Å². The molecule has 0 amide bonds. The standard InChI is InChI=1S/C15H22N2O2/c16-12-10-14-15(19-9-8-18-14)11-13(12)17-6-4-2-1-3-5-7-17/h10-11H,1-9,16H2. The Labute approximate surface area is 114 Å². The Morgan fingerprint density at radius 2 is 1.42 bits per heavy atom. The van der Waals surface area contributed by atoms with Crippen LogP contribution in [0.3, 0.4) is 0 Å². The van der Waals surface area contributed by atoms with Gasteiger partial charge in [-0.05, 0) is 12.8 Å². The second kappa shape index (κ2) is 5.59. The number of nitrogens with two attached hydrogens (primary N) is 1. The molecule has 0 aromatic heterocycles. The maximum atomic E-state index is 6.19. The molecule has 2 aliphatic heterocycles. The minimum atomic E-state index is 0.607. The maximum absolute atomic E-state index is 6.19. The predicted octanol–water partition coefficient (Wildman–Crippen LogP) is 2.81. The molecule has 0 atom stereocenters. The fourth-order valence-corrected chi connectivity index (χ4v) is 2.86. The second-order valence-electron chi connectivity index (χ2n) is 5.31. The zero-order chi connectivity index (χ0) is 13.1. The zero-order valence-electron chi connectivity index (χ0n) is 11.4. The number of ether oxygens (including phenoxy) is 2. The highest BCUT2D eigenvalue weighted by Gasteiger charge is 2.18. The van der Waals surface area contributed by atoms with Crippen LogP contribution in [0.4, 0.5) is 11.4 Å². The number of benzene rings is 1. The summed E-state index contributed by atoms with van der Waals surface area (Å²) in [7, 11) is 0.